The van der Waals surface area contributed by atoms with Gasteiger partial charge in [0.05, 0.1) is 35.3 Å². The molecule has 0 atom stereocenters. The highest BCUT2D eigenvalue weighted by atomic mass is 19.1. The van der Waals surface area contributed by atoms with Crippen LogP contribution in [-0.4, -0.2) is 24.9 Å². The van der Waals surface area contributed by atoms with E-state index in [2.05, 4.69) is 0 Å². The second-order valence-corrected chi connectivity index (χ2v) is 5.47. The molecule has 2 aromatic carbocycles. The lowest BCUT2D eigenvalue weighted by Gasteiger charge is -2.31. The molecule has 0 radical (unpaired) electrons. The van der Waals surface area contributed by atoms with Crippen molar-refractivity contribution >= 4 is 11.4 Å². The molecule has 2 aliphatic heterocycles. The molecule has 2 heterocycles. The van der Waals surface area contributed by atoms with Crippen molar-refractivity contribution in [2.45, 2.75) is 6.54 Å². The summed E-state index contributed by atoms with van der Waals surface area (Å²) in [5.74, 6) is 1.01. The van der Waals surface area contributed by atoms with Crippen LogP contribution in [0.2, 0.25) is 0 Å². The van der Waals surface area contributed by atoms with Crippen molar-refractivity contribution in [3.8, 4) is 17.2 Å². The fourth-order valence-electron chi connectivity index (χ4n) is 2.89. The number of nitrogens with zero attached hydrogens (tertiary/aromatic N) is 2. The predicted molar refractivity (Wildman–Crippen MR) is 82.2 cm³/mol. The number of rotatable bonds is 3. The molecule has 8 heteroatoms. The van der Waals surface area contributed by atoms with Crippen molar-refractivity contribution in [3.05, 3.63) is 51.8 Å². The van der Waals surface area contributed by atoms with Crippen molar-refractivity contribution in [2.24, 2.45) is 0 Å². The molecule has 2 aromatic rings. The third-order valence-electron chi connectivity index (χ3n) is 4.01. The maximum Gasteiger partial charge on any atom is 0.278 e. The molecule has 0 bridgehead atoms. The van der Waals surface area contributed by atoms with Crippen LogP contribution in [0.5, 0.6) is 17.2 Å². The summed E-state index contributed by atoms with van der Waals surface area (Å²) in [5.41, 5.74) is 0.998. The van der Waals surface area contributed by atoms with E-state index in [0.29, 0.717) is 41.7 Å². The first-order chi connectivity index (χ1) is 11.6. The number of nitro benzene ring substituents is 1. The van der Waals surface area contributed by atoms with Crippen molar-refractivity contribution in [2.75, 3.05) is 24.8 Å². The van der Waals surface area contributed by atoms with E-state index in [4.69, 9.17) is 14.2 Å². The van der Waals surface area contributed by atoms with Crippen LogP contribution in [0.4, 0.5) is 15.8 Å². The minimum atomic E-state index is -0.454. The maximum atomic E-state index is 13.6. The van der Waals surface area contributed by atoms with E-state index >= 15 is 0 Å². The average Bonchev–Trinajstić information content (AvgIpc) is 3.02. The Morgan fingerprint density at radius 1 is 1.12 bits per heavy atom. The number of halogens is 1. The van der Waals surface area contributed by atoms with Crippen LogP contribution in [0, 0.1) is 15.9 Å². The monoisotopic (exact) mass is 332 g/mol. The first-order valence-corrected chi connectivity index (χ1v) is 7.36. The largest absolute Gasteiger partial charge is 0.490 e. The van der Waals surface area contributed by atoms with E-state index in [-0.39, 0.29) is 24.8 Å². The van der Waals surface area contributed by atoms with E-state index in [1.807, 2.05) is 4.90 Å². The van der Waals surface area contributed by atoms with Gasteiger partial charge >= 0.3 is 0 Å². The standard InChI is InChI=1S/C16H13FN2O5/c17-11-1-2-14-13(6-11)18(3-4-22-14)8-10-5-15-16(24-9-23-15)7-12(10)19(20)21/h1-2,5-7H,3-4,8-9H2. The van der Waals surface area contributed by atoms with Gasteiger partial charge in [-0.15, -0.1) is 0 Å². The molecular formula is C16H13FN2O5. The number of fused-ring (bicyclic) bond motifs is 2. The minimum Gasteiger partial charge on any atom is -0.490 e. The van der Waals surface area contributed by atoms with Crippen molar-refractivity contribution < 1.29 is 23.5 Å². The summed E-state index contributed by atoms with van der Waals surface area (Å²) in [4.78, 5) is 12.8. The van der Waals surface area contributed by atoms with Gasteiger partial charge in [-0.1, -0.05) is 0 Å². The molecule has 24 heavy (non-hydrogen) atoms. The van der Waals surface area contributed by atoms with Gasteiger partial charge in [0.15, 0.2) is 11.5 Å². The predicted octanol–water partition coefficient (Wildman–Crippen LogP) is 2.86. The quantitative estimate of drug-likeness (QED) is 0.635. The van der Waals surface area contributed by atoms with Crippen LogP contribution >= 0.6 is 0 Å². The molecule has 0 saturated carbocycles. The molecule has 0 N–H and O–H groups in total. The number of anilines is 1. The molecule has 0 fully saturated rings. The summed E-state index contributed by atoms with van der Waals surface area (Å²) in [6, 6.07) is 7.23. The summed E-state index contributed by atoms with van der Waals surface area (Å²) in [6.45, 7) is 1.22. The Morgan fingerprint density at radius 3 is 2.71 bits per heavy atom. The lowest BCUT2D eigenvalue weighted by atomic mass is 10.1. The van der Waals surface area contributed by atoms with Gasteiger partial charge in [0.25, 0.3) is 5.69 Å². The normalized spacial score (nSPS) is 15.0. The Bertz CT molecular complexity index is 826. The summed E-state index contributed by atoms with van der Waals surface area (Å²) >= 11 is 0. The Morgan fingerprint density at radius 2 is 1.92 bits per heavy atom. The number of benzene rings is 2. The first kappa shape index (κ1) is 14.6. The number of hydrogen-bond donors (Lipinski definition) is 0. The minimum absolute atomic E-state index is 0.0432. The van der Waals surface area contributed by atoms with Crippen LogP contribution < -0.4 is 19.1 Å². The molecule has 0 amide bonds. The van der Waals surface area contributed by atoms with E-state index in [9.17, 15) is 14.5 Å². The molecule has 4 rings (SSSR count). The first-order valence-electron chi connectivity index (χ1n) is 7.36. The Balaban J connectivity index is 1.72. The van der Waals surface area contributed by atoms with Crippen molar-refractivity contribution in [1.82, 2.24) is 0 Å². The number of nitro groups is 1. The summed E-state index contributed by atoms with van der Waals surface area (Å²) in [6.07, 6.45) is 0. The average molecular weight is 332 g/mol. The summed E-state index contributed by atoms with van der Waals surface area (Å²) < 4.78 is 29.6. The number of ether oxygens (including phenoxy) is 3. The molecule has 0 spiro atoms. The third-order valence-corrected chi connectivity index (χ3v) is 4.01. The molecule has 2 aliphatic rings. The van der Waals surface area contributed by atoms with Gasteiger partial charge in [0, 0.05) is 6.07 Å². The zero-order valence-corrected chi connectivity index (χ0v) is 12.5. The molecule has 0 unspecified atom stereocenters. The van der Waals surface area contributed by atoms with Gasteiger partial charge in [0.2, 0.25) is 6.79 Å². The van der Waals surface area contributed by atoms with Gasteiger partial charge in [-0.2, -0.15) is 0 Å². The van der Waals surface area contributed by atoms with E-state index < -0.39 is 4.92 Å². The van der Waals surface area contributed by atoms with Crippen LogP contribution in [0.15, 0.2) is 30.3 Å². The zero-order chi connectivity index (χ0) is 16.7. The molecule has 0 saturated heterocycles. The van der Waals surface area contributed by atoms with Gasteiger partial charge in [-0.05, 0) is 18.2 Å². The van der Waals surface area contributed by atoms with E-state index in [0.717, 1.165) is 0 Å². The van der Waals surface area contributed by atoms with Crippen LogP contribution in [0.3, 0.4) is 0 Å². The highest BCUT2D eigenvalue weighted by Crippen LogP contribution is 2.40. The van der Waals surface area contributed by atoms with Crippen molar-refractivity contribution in [3.63, 3.8) is 0 Å². The zero-order valence-electron chi connectivity index (χ0n) is 12.5. The Kier molecular flexibility index (Phi) is 3.37. The molecule has 0 aromatic heterocycles. The van der Waals surface area contributed by atoms with Gasteiger partial charge in [0.1, 0.15) is 18.2 Å². The van der Waals surface area contributed by atoms with Gasteiger partial charge < -0.3 is 19.1 Å². The summed E-state index contributed by atoms with van der Waals surface area (Å²) in [7, 11) is 0. The smallest absolute Gasteiger partial charge is 0.278 e. The summed E-state index contributed by atoms with van der Waals surface area (Å²) in [5, 5.41) is 11.4. The molecule has 7 nitrogen and oxygen atoms in total. The fourth-order valence-corrected chi connectivity index (χ4v) is 2.89. The second-order valence-electron chi connectivity index (χ2n) is 5.47. The lowest BCUT2D eigenvalue weighted by molar-refractivity contribution is -0.385. The Hall–Kier alpha value is -3.03. The van der Waals surface area contributed by atoms with Gasteiger partial charge in [-0.25, -0.2) is 4.39 Å². The Labute approximate surface area is 136 Å². The molecular weight excluding hydrogens is 319 g/mol. The maximum absolute atomic E-state index is 13.6. The molecule has 124 valence electrons. The van der Waals surface area contributed by atoms with E-state index in [1.165, 1.54) is 18.2 Å². The topological polar surface area (TPSA) is 74.1 Å². The fraction of sp³-hybridized carbons (Fsp3) is 0.250. The highest BCUT2D eigenvalue weighted by Gasteiger charge is 2.26. The second kappa shape index (κ2) is 5.55. The van der Waals surface area contributed by atoms with Crippen LogP contribution in [0.1, 0.15) is 5.56 Å². The van der Waals surface area contributed by atoms with E-state index in [1.54, 1.807) is 12.1 Å². The lowest BCUT2D eigenvalue weighted by Crippen LogP contribution is -2.32. The van der Waals surface area contributed by atoms with Crippen LogP contribution in [0.25, 0.3) is 0 Å². The van der Waals surface area contributed by atoms with Gasteiger partial charge in [-0.3, -0.25) is 10.1 Å². The van der Waals surface area contributed by atoms with Crippen LogP contribution in [-0.2, 0) is 6.54 Å². The third kappa shape index (κ3) is 2.45. The molecule has 0 aliphatic carbocycles. The highest BCUT2D eigenvalue weighted by molar-refractivity contribution is 5.62. The number of hydrogen-bond acceptors (Lipinski definition) is 6. The van der Waals surface area contributed by atoms with Crippen molar-refractivity contribution in [1.29, 1.82) is 0 Å². The SMILES string of the molecule is O=[N+]([O-])c1cc2c(cc1CN1CCOc3ccc(F)cc31)OCO2.